The van der Waals surface area contributed by atoms with Crippen molar-refractivity contribution in [1.82, 2.24) is 0 Å². The van der Waals surface area contributed by atoms with Crippen molar-refractivity contribution in [1.29, 1.82) is 0 Å². The minimum Gasteiger partial charge on any atom is -0.360 e. The number of aldehydes is 1. The van der Waals surface area contributed by atoms with Crippen LogP contribution in [0.2, 0.25) is 0 Å². The van der Waals surface area contributed by atoms with Crippen LogP contribution in [0.3, 0.4) is 0 Å². The van der Waals surface area contributed by atoms with Crippen molar-refractivity contribution < 1.29 is 9.53 Å². The SMILES string of the molecule is CC(C)=CCC/C(C)=C/C=C/C(C)=C/C=C/C(C)=C/C=C/C=C(C)/C=C/C=C(\C)C1C=CC(C)(CCC=O)O1. The van der Waals surface area contributed by atoms with Gasteiger partial charge in [-0.25, -0.2) is 0 Å². The van der Waals surface area contributed by atoms with Crippen molar-refractivity contribution in [2.75, 3.05) is 0 Å². The summed E-state index contributed by atoms with van der Waals surface area (Å²) in [5, 5.41) is 0. The lowest BCUT2D eigenvalue weighted by atomic mass is 10.0. The van der Waals surface area contributed by atoms with Crippen LogP contribution in [0.1, 0.15) is 81.1 Å². The van der Waals surface area contributed by atoms with E-state index in [0.29, 0.717) is 12.8 Å². The molecule has 39 heavy (non-hydrogen) atoms. The fourth-order valence-corrected chi connectivity index (χ4v) is 3.81. The van der Waals surface area contributed by atoms with Gasteiger partial charge in [-0.05, 0) is 80.2 Å². The Kier molecular flexibility index (Phi) is 16.4. The maximum atomic E-state index is 10.7. The maximum Gasteiger partial charge on any atom is 0.120 e. The normalized spacial score (nSPS) is 21.8. The first-order valence-electron chi connectivity index (χ1n) is 14.0. The highest BCUT2D eigenvalue weighted by atomic mass is 16.5. The molecule has 0 aromatic heterocycles. The average Bonchev–Trinajstić information content (AvgIpc) is 3.27. The van der Waals surface area contributed by atoms with Crippen molar-refractivity contribution >= 4 is 6.29 Å². The Morgan fingerprint density at radius 2 is 1.28 bits per heavy atom. The number of carbonyl (C=O) groups excluding carboxylic acids is 1. The van der Waals surface area contributed by atoms with Gasteiger partial charge in [-0.3, -0.25) is 0 Å². The average molecular weight is 527 g/mol. The Morgan fingerprint density at radius 1 is 0.744 bits per heavy atom. The summed E-state index contributed by atoms with van der Waals surface area (Å²) in [6.45, 7) is 16.9. The Hall–Kier alpha value is -3.23. The predicted octanol–water partition coefficient (Wildman–Crippen LogP) is 10.4. The monoisotopic (exact) mass is 526 g/mol. The van der Waals surface area contributed by atoms with Crippen LogP contribution < -0.4 is 0 Å². The van der Waals surface area contributed by atoms with Crippen LogP contribution in [0.5, 0.6) is 0 Å². The van der Waals surface area contributed by atoms with Crippen molar-refractivity contribution in [2.24, 2.45) is 0 Å². The van der Waals surface area contributed by atoms with Crippen LogP contribution >= 0.6 is 0 Å². The summed E-state index contributed by atoms with van der Waals surface area (Å²) < 4.78 is 6.14. The van der Waals surface area contributed by atoms with Gasteiger partial charge in [-0.2, -0.15) is 0 Å². The van der Waals surface area contributed by atoms with Gasteiger partial charge in [0.15, 0.2) is 0 Å². The number of ether oxygens (including phenoxy) is 1. The van der Waals surface area contributed by atoms with E-state index in [1.54, 1.807) is 0 Å². The van der Waals surface area contributed by atoms with E-state index < -0.39 is 0 Å². The lowest BCUT2D eigenvalue weighted by molar-refractivity contribution is -0.109. The van der Waals surface area contributed by atoms with Gasteiger partial charge in [0.2, 0.25) is 0 Å². The zero-order valence-corrected chi connectivity index (χ0v) is 25.5. The highest BCUT2D eigenvalue weighted by molar-refractivity contribution is 5.49. The van der Waals surface area contributed by atoms with E-state index >= 15 is 0 Å². The van der Waals surface area contributed by atoms with E-state index in [4.69, 9.17) is 4.74 Å². The first-order valence-corrected chi connectivity index (χ1v) is 14.0. The molecule has 0 saturated heterocycles. The van der Waals surface area contributed by atoms with E-state index in [9.17, 15) is 4.79 Å². The second-order valence-electron chi connectivity index (χ2n) is 10.9. The van der Waals surface area contributed by atoms with Crippen molar-refractivity contribution in [3.8, 4) is 0 Å². The molecule has 0 aromatic carbocycles. The third kappa shape index (κ3) is 16.4. The number of carbonyl (C=O) groups is 1. The van der Waals surface area contributed by atoms with Gasteiger partial charge in [0.25, 0.3) is 0 Å². The summed E-state index contributed by atoms with van der Waals surface area (Å²) in [5.74, 6) is 0. The first kappa shape index (κ1) is 33.8. The number of hydrogen-bond donors (Lipinski definition) is 0. The highest BCUT2D eigenvalue weighted by Gasteiger charge is 2.30. The molecule has 1 heterocycles. The zero-order chi connectivity index (χ0) is 29.1. The van der Waals surface area contributed by atoms with Gasteiger partial charge < -0.3 is 9.53 Å². The topological polar surface area (TPSA) is 26.3 Å². The molecule has 0 aromatic rings. The Morgan fingerprint density at radius 3 is 1.85 bits per heavy atom. The molecule has 0 amide bonds. The summed E-state index contributed by atoms with van der Waals surface area (Å²) in [6.07, 6.45) is 38.2. The van der Waals surface area contributed by atoms with Crippen molar-refractivity contribution in [3.05, 3.63) is 131 Å². The van der Waals surface area contributed by atoms with Gasteiger partial charge in [-0.15, -0.1) is 0 Å². The van der Waals surface area contributed by atoms with E-state index in [2.05, 4.69) is 146 Å². The van der Waals surface area contributed by atoms with Crippen molar-refractivity contribution in [2.45, 2.75) is 92.8 Å². The molecule has 1 aliphatic heterocycles. The Balaban J connectivity index is 2.52. The van der Waals surface area contributed by atoms with E-state index in [1.807, 2.05) is 6.92 Å². The van der Waals surface area contributed by atoms with Gasteiger partial charge in [0.1, 0.15) is 6.29 Å². The number of allylic oxidation sites excluding steroid dienone is 19. The van der Waals surface area contributed by atoms with Crippen LogP contribution in [0, 0.1) is 0 Å². The minimum absolute atomic E-state index is 0.0324. The highest BCUT2D eigenvalue weighted by Crippen LogP contribution is 2.30. The second kappa shape index (κ2) is 18.9. The van der Waals surface area contributed by atoms with E-state index in [1.165, 1.54) is 27.9 Å². The summed E-state index contributed by atoms with van der Waals surface area (Å²) in [4.78, 5) is 10.7. The molecule has 1 aliphatic rings. The second-order valence-corrected chi connectivity index (χ2v) is 10.9. The van der Waals surface area contributed by atoms with Crippen LogP contribution in [0.15, 0.2) is 131 Å². The molecule has 2 unspecified atom stereocenters. The molecular weight excluding hydrogens is 476 g/mol. The lowest BCUT2D eigenvalue weighted by Gasteiger charge is -2.24. The van der Waals surface area contributed by atoms with E-state index in [-0.39, 0.29) is 11.7 Å². The molecule has 0 spiro atoms. The molecule has 2 heteroatoms. The molecule has 0 bridgehead atoms. The summed E-state index contributed by atoms with van der Waals surface area (Å²) in [7, 11) is 0. The van der Waals surface area contributed by atoms with Gasteiger partial charge >= 0.3 is 0 Å². The Bertz CT molecular complexity index is 1120. The summed E-state index contributed by atoms with van der Waals surface area (Å²) >= 11 is 0. The third-order valence-electron chi connectivity index (χ3n) is 6.32. The fraction of sp³-hybridized carbons (Fsp3) is 0.378. The Labute approximate surface area is 239 Å². The number of hydrogen-bond acceptors (Lipinski definition) is 2. The minimum atomic E-state index is -0.347. The number of rotatable bonds is 15. The molecule has 0 radical (unpaired) electrons. The predicted molar refractivity (Wildman–Crippen MR) is 172 cm³/mol. The van der Waals surface area contributed by atoms with Crippen LogP contribution in [-0.4, -0.2) is 18.0 Å². The van der Waals surface area contributed by atoms with Crippen LogP contribution in [-0.2, 0) is 9.53 Å². The molecule has 2 nitrogen and oxygen atoms in total. The van der Waals surface area contributed by atoms with Gasteiger partial charge in [-0.1, -0.05) is 125 Å². The molecule has 0 N–H and O–H groups in total. The molecule has 0 saturated carbocycles. The third-order valence-corrected chi connectivity index (χ3v) is 6.32. The summed E-state index contributed by atoms with van der Waals surface area (Å²) in [6, 6.07) is 0. The summed E-state index contributed by atoms with van der Waals surface area (Å²) in [5.41, 5.74) is 7.16. The van der Waals surface area contributed by atoms with Crippen LogP contribution in [0.4, 0.5) is 0 Å². The quantitative estimate of drug-likeness (QED) is 0.120. The van der Waals surface area contributed by atoms with E-state index in [0.717, 1.165) is 24.7 Å². The molecule has 1 rings (SSSR count). The molecular formula is C37H50O2. The first-order chi connectivity index (χ1) is 18.5. The zero-order valence-electron chi connectivity index (χ0n) is 25.5. The molecule has 0 aliphatic carbocycles. The smallest absolute Gasteiger partial charge is 0.120 e. The lowest BCUT2D eigenvalue weighted by Crippen LogP contribution is -2.26. The maximum absolute atomic E-state index is 10.7. The van der Waals surface area contributed by atoms with Gasteiger partial charge in [0, 0.05) is 6.42 Å². The van der Waals surface area contributed by atoms with Crippen LogP contribution in [0.25, 0.3) is 0 Å². The molecule has 0 fully saturated rings. The fourth-order valence-electron chi connectivity index (χ4n) is 3.81. The van der Waals surface area contributed by atoms with Crippen molar-refractivity contribution in [3.63, 3.8) is 0 Å². The van der Waals surface area contributed by atoms with Gasteiger partial charge in [0.05, 0.1) is 11.7 Å². The molecule has 210 valence electrons. The standard InChI is InChI=1S/C37H50O2/c1-30(2)16-11-19-33(5)21-13-23-34(6)22-12-20-31(3)17-9-10-18-32(4)24-14-25-35(7)36-26-28-37(8,39-36)27-15-29-38/h9-10,12-14,16-18,20-26,28-29,36H,11,15,19,27H2,1-8H3/b10-9+,20-12+,23-13+,24-14+,31-17+,32-18+,33-21+,34-22+,35-25+. The molecule has 2 atom stereocenters. The largest absolute Gasteiger partial charge is 0.360 e.